The summed E-state index contributed by atoms with van der Waals surface area (Å²) < 4.78 is 18.6. The average molecular weight is 281 g/mol. The van der Waals surface area contributed by atoms with Crippen LogP contribution in [-0.2, 0) is 14.0 Å². The van der Waals surface area contributed by atoms with Gasteiger partial charge in [-0.1, -0.05) is 0 Å². The zero-order valence-electron chi connectivity index (χ0n) is 11.9. The number of aromatic nitrogens is 1. The molecule has 0 unspecified atom stereocenters. The van der Waals surface area contributed by atoms with E-state index in [0.717, 1.165) is 29.4 Å². The summed E-state index contributed by atoms with van der Waals surface area (Å²) in [6.07, 6.45) is 2.96. The summed E-state index contributed by atoms with van der Waals surface area (Å²) >= 11 is 1.69. The number of hydrogen-bond donors (Lipinski definition) is 0. The van der Waals surface area contributed by atoms with Gasteiger partial charge in [0.25, 0.3) is 0 Å². The second-order valence-electron chi connectivity index (χ2n) is 6.25. The van der Waals surface area contributed by atoms with Crippen LogP contribution in [-0.4, -0.2) is 36.5 Å². The van der Waals surface area contributed by atoms with Gasteiger partial charge in [-0.25, -0.2) is 4.98 Å². The van der Waals surface area contributed by atoms with Gasteiger partial charge in [-0.05, 0) is 34.1 Å². The Kier molecular flexibility index (Phi) is 3.25. The number of thiazole rings is 1. The zero-order valence-corrected chi connectivity index (χ0v) is 12.8. The Bertz CT molecular complexity index is 452. The molecule has 0 bridgehead atoms. The van der Waals surface area contributed by atoms with Crippen LogP contribution in [0, 0.1) is 0 Å². The van der Waals surface area contributed by atoms with Gasteiger partial charge in [0.15, 0.2) is 0 Å². The lowest BCUT2D eigenvalue weighted by atomic mass is 9.89. The molecule has 1 aromatic rings. The van der Waals surface area contributed by atoms with Crippen molar-refractivity contribution >= 4 is 23.2 Å². The maximum atomic E-state index is 6.04. The van der Waals surface area contributed by atoms with Gasteiger partial charge in [0.1, 0.15) is 0 Å². The predicted molar refractivity (Wildman–Crippen MR) is 76.0 cm³/mol. The third-order valence-electron chi connectivity index (χ3n) is 4.31. The third-order valence-corrected chi connectivity index (χ3v) is 5.49. The van der Waals surface area contributed by atoms with Crippen LogP contribution in [0.1, 0.15) is 45.0 Å². The molecule has 6 heteroatoms. The fourth-order valence-corrected chi connectivity index (χ4v) is 3.28. The van der Waals surface area contributed by atoms with E-state index in [2.05, 4.69) is 32.7 Å². The SMILES string of the molecule is CC1(C)OB(c2cnc([C@H]3CCOC3)s2)OC1(C)C. The maximum absolute atomic E-state index is 6.04. The molecule has 0 saturated carbocycles. The highest BCUT2D eigenvalue weighted by atomic mass is 32.1. The van der Waals surface area contributed by atoms with Gasteiger partial charge in [-0.2, -0.15) is 0 Å². The Morgan fingerprint density at radius 3 is 2.53 bits per heavy atom. The van der Waals surface area contributed by atoms with Gasteiger partial charge in [-0.3, -0.25) is 0 Å². The molecule has 2 aliphatic rings. The summed E-state index contributed by atoms with van der Waals surface area (Å²) in [4.78, 5) is 4.52. The molecule has 0 aliphatic carbocycles. The second-order valence-corrected chi connectivity index (χ2v) is 7.34. The quantitative estimate of drug-likeness (QED) is 0.777. The van der Waals surface area contributed by atoms with Crippen LogP contribution in [0.25, 0.3) is 0 Å². The van der Waals surface area contributed by atoms with E-state index in [1.165, 1.54) is 0 Å². The first-order chi connectivity index (χ1) is 8.89. The van der Waals surface area contributed by atoms with Gasteiger partial charge in [0.2, 0.25) is 0 Å². The lowest BCUT2D eigenvalue weighted by molar-refractivity contribution is 0.00578. The van der Waals surface area contributed by atoms with Crippen LogP contribution in [0.4, 0.5) is 0 Å². The lowest BCUT2D eigenvalue weighted by Crippen LogP contribution is -2.41. The van der Waals surface area contributed by atoms with Crippen molar-refractivity contribution in [1.29, 1.82) is 0 Å². The van der Waals surface area contributed by atoms with Gasteiger partial charge in [0.05, 0.1) is 27.6 Å². The summed E-state index contributed by atoms with van der Waals surface area (Å²) in [6, 6.07) is 0. The normalized spacial score (nSPS) is 29.1. The molecule has 2 fully saturated rings. The highest BCUT2D eigenvalue weighted by molar-refractivity contribution is 7.22. The number of rotatable bonds is 2. The van der Waals surface area contributed by atoms with E-state index in [1.807, 2.05) is 6.20 Å². The fraction of sp³-hybridized carbons (Fsp3) is 0.769. The van der Waals surface area contributed by atoms with Crippen molar-refractivity contribution in [2.45, 2.75) is 51.2 Å². The van der Waals surface area contributed by atoms with Crippen LogP contribution < -0.4 is 4.78 Å². The number of ether oxygens (including phenoxy) is 1. The minimum Gasteiger partial charge on any atom is -0.399 e. The Balaban J connectivity index is 1.77. The first-order valence-electron chi connectivity index (χ1n) is 6.78. The molecule has 0 amide bonds. The topological polar surface area (TPSA) is 40.6 Å². The Hall–Kier alpha value is -0.425. The molecule has 0 aromatic carbocycles. The molecular formula is C13H20BNO3S. The molecule has 0 spiro atoms. The molecule has 19 heavy (non-hydrogen) atoms. The van der Waals surface area contributed by atoms with E-state index in [-0.39, 0.29) is 18.3 Å². The predicted octanol–water partition coefficient (Wildman–Crippen LogP) is 1.95. The molecule has 4 nitrogen and oxygen atoms in total. The first-order valence-corrected chi connectivity index (χ1v) is 7.60. The van der Waals surface area contributed by atoms with Crippen molar-refractivity contribution in [1.82, 2.24) is 4.98 Å². The molecule has 3 rings (SSSR count). The monoisotopic (exact) mass is 281 g/mol. The zero-order chi connectivity index (χ0) is 13.7. The van der Waals surface area contributed by atoms with Crippen LogP contribution in [0.15, 0.2) is 6.20 Å². The summed E-state index contributed by atoms with van der Waals surface area (Å²) in [5.74, 6) is 0.446. The molecular weight excluding hydrogens is 261 g/mol. The van der Waals surface area contributed by atoms with Crippen molar-refractivity contribution < 1.29 is 14.0 Å². The van der Waals surface area contributed by atoms with Gasteiger partial charge >= 0.3 is 7.12 Å². The van der Waals surface area contributed by atoms with Crippen molar-refractivity contribution in [3.63, 3.8) is 0 Å². The molecule has 2 saturated heterocycles. The smallest absolute Gasteiger partial charge is 0.399 e. The van der Waals surface area contributed by atoms with Gasteiger partial charge < -0.3 is 14.0 Å². The molecule has 1 aromatic heterocycles. The molecule has 0 radical (unpaired) electrons. The van der Waals surface area contributed by atoms with Crippen LogP contribution in [0.2, 0.25) is 0 Å². The van der Waals surface area contributed by atoms with Crippen LogP contribution in [0.5, 0.6) is 0 Å². The molecule has 3 heterocycles. The van der Waals surface area contributed by atoms with E-state index in [9.17, 15) is 0 Å². The highest BCUT2D eigenvalue weighted by Gasteiger charge is 2.52. The van der Waals surface area contributed by atoms with E-state index < -0.39 is 0 Å². The largest absolute Gasteiger partial charge is 0.507 e. The molecule has 0 N–H and O–H groups in total. The third kappa shape index (κ3) is 2.35. The van der Waals surface area contributed by atoms with Gasteiger partial charge in [0, 0.05) is 18.7 Å². The van der Waals surface area contributed by atoms with E-state index in [4.69, 9.17) is 14.0 Å². The summed E-state index contributed by atoms with van der Waals surface area (Å²) in [7, 11) is -0.293. The van der Waals surface area contributed by atoms with Gasteiger partial charge in [-0.15, -0.1) is 11.3 Å². The van der Waals surface area contributed by atoms with Crippen molar-refractivity contribution in [2.24, 2.45) is 0 Å². The van der Waals surface area contributed by atoms with Crippen LogP contribution >= 0.6 is 11.3 Å². The second kappa shape index (κ2) is 4.55. The van der Waals surface area contributed by atoms with E-state index >= 15 is 0 Å². The van der Waals surface area contributed by atoms with Crippen molar-refractivity contribution in [2.75, 3.05) is 13.2 Å². The van der Waals surface area contributed by atoms with E-state index in [1.54, 1.807) is 11.3 Å². The minimum atomic E-state index is -0.293. The Labute approximate surface area is 118 Å². The summed E-state index contributed by atoms with van der Waals surface area (Å²) in [5.41, 5.74) is -0.587. The first kappa shape index (κ1) is 13.6. The molecule has 104 valence electrons. The summed E-state index contributed by atoms with van der Waals surface area (Å²) in [6.45, 7) is 9.91. The minimum absolute atomic E-state index is 0.293. The Morgan fingerprint density at radius 2 is 1.95 bits per heavy atom. The maximum Gasteiger partial charge on any atom is 0.507 e. The molecule has 2 aliphatic heterocycles. The van der Waals surface area contributed by atoms with E-state index in [0.29, 0.717) is 5.92 Å². The van der Waals surface area contributed by atoms with Crippen molar-refractivity contribution in [3.05, 3.63) is 11.2 Å². The number of hydrogen-bond acceptors (Lipinski definition) is 5. The lowest BCUT2D eigenvalue weighted by Gasteiger charge is -2.32. The standard InChI is InChI=1S/C13H20BNO3S/c1-12(2)13(3,4)18-14(17-12)10-7-15-11(19-10)9-5-6-16-8-9/h7,9H,5-6,8H2,1-4H3/t9-/m0/s1. The summed E-state index contributed by atoms with van der Waals surface area (Å²) in [5, 5.41) is 1.14. The Morgan fingerprint density at radius 1 is 1.26 bits per heavy atom. The number of nitrogens with zero attached hydrogens (tertiary/aromatic N) is 1. The highest BCUT2D eigenvalue weighted by Crippen LogP contribution is 2.37. The van der Waals surface area contributed by atoms with Crippen LogP contribution in [0.3, 0.4) is 0 Å². The average Bonchev–Trinajstić information content (AvgIpc) is 3.00. The molecule has 1 atom stereocenters. The van der Waals surface area contributed by atoms with Crippen molar-refractivity contribution in [3.8, 4) is 0 Å². The fourth-order valence-electron chi connectivity index (χ4n) is 2.29.